The summed E-state index contributed by atoms with van der Waals surface area (Å²) in [5.41, 5.74) is 2.57. The molecule has 1 unspecified atom stereocenters. The summed E-state index contributed by atoms with van der Waals surface area (Å²) >= 11 is 3.82. The molecule has 2 rings (SSSR count). The second kappa shape index (κ2) is 6.53. The van der Waals surface area contributed by atoms with Crippen molar-refractivity contribution in [3.63, 3.8) is 0 Å². The minimum absolute atomic E-state index is 0.594. The maximum atomic E-state index is 4.47. The van der Waals surface area contributed by atoms with Gasteiger partial charge in [-0.1, -0.05) is 47.7 Å². The molecule has 1 atom stereocenters. The molecular weight excluding hydrogens is 274 g/mol. The quantitative estimate of drug-likeness (QED) is 0.720. The maximum absolute atomic E-state index is 4.47. The monoisotopic (exact) mass is 295 g/mol. The van der Waals surface area contributed by atoms with Crippen LogP contribution in [0, 0.1) is 12.8 Å². The van der Waals surface area contributed by atoms with E-state index in [1.54, 1.807) is 0 Å². The van der Waals surface area contributed by atoms with Gasteiger partial charge in [0, 0.05) is 23.1 Å². The molecule has 1 aromatic rings. The lowest BCUT2D eigenvalue weighted by atomic mass is 9.99. The number of aromatic nitrogens is 1. The molecule has 0 aliphatic heterocycles. The van der Waals surface area contributed by atoms with Crippen molar-refractivity contribution in [1.82, 2.24) is 4.98 Å². The number of pyridine rings is 1. The summed E-state index contributed by atoms with van der Waals surface area (Å²) in [4.78, 5) is 5.06. The van der Waals surface area contributed by atoms with Gasteiger partial charge in [0.05, 0.1) is 0 Å². The molecule has 0 saturated heterocycles. The van der Waals surface area contributed by atoms with Gasteiger partial charge >= 0.3 is 0 Å². The van der Waals surface area contributed by atoms with Gasteiger partial charge < -0.3 is 0 Å². The highest BCUT2D eigenvalue weighted by Crippen LogP contribution is 2.30. The fourth-order valence-corrected chi connectivity index (χ4v) is 3.33. The first-order valence-electron chi connectivity index (χ1n) is 6.80. The molecule has 1 nitrogen and oxygen atoms in total. The van der Waals surface area contributed by atoms with E-state index >= 15 is 0 Å². The Labute approximate surface area is 113 Å². The van der Waals surface area contributed by atoms with E-state index in [0.29, 0.717) is 4.83 Å². The summed E-state index contributed by atoms with van der Waals surface area (Å²) in [5, 5.41) is 0. The standard InChI is InChI=1S/C15H22BrN/c1-12-5-4-10-17-15(12)11-14(16)9-8-13-6-2-3-7-13/h4-5,10,13-14H,2-3,6-9,11H2,1H3. The molecule has 1 aliphatic rings. The van der Waals surface area contributed by atoms with Gasteiger partial charge in [-0.25, -0.2) is 0 Å². The Morgan fingerprint density at radius 1 is 1.41 bits per heavy atom. The number of nitrogens with zero attached hydrogens (tertiary/aromatic N) is 1. The molecule has 1 fully saturated rings. The molecule has 1 heterocycles. The topological polar surface area (TPSA) is 12.9 Å². The molecule has 1 aromatic heterocycles. The SMILES string of the molecule is Cc1cccnc1CC(Br)CCC1CCCC1. The van der Waals surface area contributed by atoms with Crippen LogP contribution in [0.25, 0.3) is 0 Å². The molecule has 1 aliphatic carbocycles. The molecule has 0 amide bonds. The fourth-order valence-electron chi connectivity index (χ4n) is 2.76. The average Bonchev–Trinajstić information content (AvgIpc) is 2.82. The zero-order valence-corrected chi connectivity index (χ0v) is 12.2. The van der Waals surface area contributed by atoms with Crippen molar-refractivity contribution in [2.75, 3.05) is 0 Å². The zero-order valence-electron chi connectivity index (χ0n) is 10.7. The molecule has 17 heavy (non-hydrogen) atoms. The molecule has 0 bridgehead atoms. The van der Waals surface area contributed by atoms with E-state index in [1.165, 1.54) is 49.8 Å². The molecule has 94 valence electrons. The maximum Gasteiger partial charge on any atom is 0.0443 e. The van der Waals surface area contributed by atoms with Crippen LogP contribution < -0.4 is 0 Å². The smallest absolute Gasteiger partial charge is 0.0443 e. The van der Waals surface area contributed by atoms with Crippen molar-refractivity contribution in [2.45, 2.75) is 56.7 Å². The van der Waals surface area contributed by atoms with Crippen LogP contribution in [0.3, 0.4) is 0 Å². The Kier molecular flexibility index (Phi) is 5.02. The normalized spacial score (nSPS) is 18.5. The van der Waals surface area contributed by atoms with Crippen LogP contribution >= 0.6 is 15.9 Å². The van der Waals surface area contributed by atoms with E-state index in [2.05, 4.69) is 33.9 Å². The number of alkyl halides is 1. The average molecular weight is 296 g/mol. The van der Waals surface area contributed by atoms with Crippen molar-refractivity contribution >= 4 is 15.9 Å². The predicted molar refractivity (Wildman–Crippen MR) is 76.6 cm³/mol. The van der Waals surface area contributed by atoms with Crippen molar-refractivity contribution < 1.29 is 0 Å². The Hall–Kier alpha value is -0.370. The molecular formula is C15H22BrN. The summed E-state index contributed by atoms with van der Waals surface area (Å²) in [6, 6.07) is 4.17. The highest BCUT2D eigenvalue weighted by molar-refractivity contribution is 9.09. The predicted octanol–water partition coefficient (Wildman–Crippen LogP) is 4.67. The van der Waals surface area contributed by atoms with Crippen LogP contribution in [0.4, 0.5) is 0 Å². The van der Waals surface area contributed by atoms with E-state index in [0.717, 1.165) is 12.3 Å². The lowest BCUT2D eigenvalue weighted by molar-refractivity contribution is 0.478. The Balaban J connectivity index is 1.76. The van der Waals surface area contributed by atoms with Gasteiger partial charge in [-0.2, -0.15) is 0 Å². The molecule has 1 saturated carbocycles. The largest absolute Gasteiger partial charge is 0.261 e. The molecule has 0 aromatic carbocycles. The van der Waals surface area contributed by atoms with Crippen LogP contribution in [0.15, 0.2) is 18.3 Å². The Morgan fingerprint density at radius 2 is 2.18 bits per heavy atom. The number of hydrogen-bond acceptors (Lipinski definition) is 1. The summed E-state index contributed by atoms with van der Waals surface area (Å²) in [7, 11) is 0. The number of rotatable bonds is 5. The van der Waals surface area contributed by atoms with Gasteiger partial charge in [0.2, 0.25) is 0 Å². The first kappa shape index (κ1) is 13.1. The Bertz CT molecular complexity index is 345. The van der Waals surface area contributed by atoms with E-state index in [-0.39, 0.29) is 0 Å². The second-order valence-corrected chi connectivity index (χ2v) is 6.59. The minimum Gasteiger partial charge on any atom is -0.261 e. The summed E-state index contributed by atoms with van der Waals surface area (Å²) in [5.74, 6) is 1.000. The van der Waals surface area contributed by atoms with Gasteiger partial charge in [-0.05, 0) is 37.3 Å². The van der Waals surface area contributed by atoms with Gasteiger partial charge in [0.25, 0.3) is 0 Å². The van der Waals surface area contributed by atoms with Crippen molar-refractivity contribution in [1.29, 1.82) is 0 Å². The highest BCUT2D eigenvalue weighted by atomic mass is 79.9. The molecule has 0 spiro atoms. The number of halogens is 1. The van der Waals surface area contributed by atoms with Gasteiger partial charge in [0.1, 0.15) is 0 Å². The summed E-state index contributed by atoms with van der Waals surface area (Å²) in [6.07, 6.45) is 11.5. The third kappa shape index (κ3) is 4.09. The van der Waals surface area contributed by atoms with Crippen molar-refractivity contribution in [3.8, 4) is 0 Å². The van der Waals surface area contributed by atoms with E-state index in [9.17, 15) is 0 Å². The van der Waals surface area contributed by atoms with Crippen LogP contribution in [0.1, 0.15) is 49.8 Å². The van der Waals surface area contributed by atoms with Crippen LogP contribution in [-0.4, -0.2) is 9.81 Å². The Morgan fingerprint density at radius 3 is 2.88 bits per heavy atom. The first-order valence-corrected chi connectivity index (χ1v) is 7.72. The van der Waals surface area contributed by atoms with Crippen LogP contribution in [-0.2, 0) is 6.42 Å². The number of aryl methyl sites for hydroxylation is 1. The third-order valence-electron chi connectivity index (χ3n) is 3.90. The van der Waals surface area contributed by atoms with Gasteiger partial charge in [-0.15, -0.1) is 0 Å². The van der Waals surface area contributed by atoms with Gasteiger partial charge in [-0.3, -0.25) is 4.98 Å². The first-order chi connectivity index (χ1) is 8.25. The van der Waals surface area contributed by atoms with Crippen molar-refractivity contribution in [3.05, 3.63) is 29.6 Å². The zero-order chi connectivity index (χ0) is 12.1. The fraction of sp³-hybridized carbons (Fsp3) is 0.667. The third-order valence-corrected chi connectivity index (χ3v) is 4.68. The minimum atomic E-state index is 0.594. The summed E-state index contributed by atoms with van der Waals surface area (Å²) in [6.45, 7) is 2.15. The van der Waals surface area contributed by atoms with Crippen LogP contribution in [0.2, 0.25) is 0 Å². The number of hydrogen-bond donors (Lipinski definition) is 0. The van der Waals surface area contributed by atoms with E-state index in [4.69, 9.17) is 0 Å². The summed E-state index contributed by atoms with van der Waals surface area (Å²) < 4.78 is 0. The molecule has 2 heteroatoms. The lowest BCUT2D eigenvalue weighted by Crippen LogP contribution is -2.08. The van der Waals surface area contributed by atoms with Crippen molar-refractivity contribution in [2.24, 2.45) is 5.92 Å². The molecule has 0 N–H and O–H groups in total. The lowest BCUT2D eigenvalue weighted by Gasteiger charge is -2.13. The van der Waals surface area contributed by atoms with Gasteiger partial charge in [0.15, 0.2) is 0 Å². The van der Waals surface area contributed by atoms with Crippen LogP contribution in [0.5, 0.6) is 0 Å². The second-order valence-electron chi connectivity index (χ2n) is 5.30. The van der Waals surface area contributed by atoms with E-state index in [1.807, 2.05) is 12.3 Å². The molecule has 0 radical (unpaired) electrons. The van der Waals surface area contributed by atoms with E-state index < -0.39 is 0 Å². The highest BCUT2D eigenvalue weighted by Gasteiger charge is 2.17.